The Bertz CT molecular complexity index is 283. The lowest BCUT2D eigenvalue weighted by molar-refractivity contribution is -0.0829. The lowest BCUT2D eigenvalue weighted by atomic mass is 9.48. The van der Waals surface area contributed by atoms with Crippen molar-refractivity contribution in [3.63, 3.8) is 0 Å². The molecule has 2 N–H and O–H groups in total. The van der Waals surface area contributed by atoms with E-state index in [0.717, 1.165) is 37.4 Å². The monoisotopic (exact) mass is 281 g/mol. The molecule has 4 bridgehead atoms. The van der Waals surface area contributed by atoms with E-state index in [4.69, 9.17) is 15.2 Å². The van der Waals surface area contributed by atoms with Crippen molar-refractivity contribution in [3.8, 4) is 0 Å². The van der Waals surface area contributed by atoms with Gasteiger partial charge in [0.25, 0.3) is 0 Å². The van der Waals surface area contributed by atoms with Gasteiger partial charge in [-0.05, 0) is 68.1 Å². The molecule has 0 saturated heterocycles. The number of ether oxygens (including phenoxy) is 2. The van der Waals surface area contributed by atoms with Gasteiger partial charge >= 0.3 is 0 Å². The molecule has 0 radical (unpaired) electrons. The lowest BCUT2D eigenvalue weighted by Crippen LogP contribution is -2.56. The summed E-state index contributed by atoms with van der Waals surface area (Å²) in [6.07, 6.45) is 9.64. The Morgan fingerprint density at radius 3 is 2.05 bits per heavy atom. The van der Waals surface area contributed by atoms with Gasteiger partial charge in [0.2, 0.25) is 0 Å². The molecule has 0 aromatic carbocycles. The van der Waals surface area contributed by atoms with E-state index in [1.807, 2.05) is 0 Å². The summed E-state index contributed by atoms with van der Waals surface area (Å²) in [6, 6.07) is 0.238. The van der Waals surface area contributed by atoms with E-state index in [0.29, 0.717) is 18.6 Å². The summed E-state index contributed by atoms with van der Waals surface area (Å²) in [5.41, 5.74) is 6.96. The summed E-state index contributed by atoms with van der Waals surface area (Å²) in [7, 11) is 0. The smallest absolute Gasteiger partial charge is 0.0701 e. The zero-order valence-electron chi connectivity index (χ0n) is 13.0. The standard InChI is InChI=1S/C17H31NO2/c1-2-3-19-4-5-20-12-16(18)17-9-13-6-14(10-17)8-15(7-13)11-17/h13-16H,2-12,18H2,1H3. The van der Waals surface area contributed by atoms with E-state index in [2.05, 4.69) is 6.92 Å². The van der Waals surface area contributed by atoms with Crippen molar-refractivity contribution in [1.29, 1.82) is 0 Å². The zero-order valence-corrected chi connectivity index (χ0v) is 13.0. The maximum Gasteiger partial charge on any atom is 0.0701 e. The van der Waals surface area contributed by atoms with E-state index in [1.54, 1.807) is 0 Å². The molecule has 3 heteroatoms. The maximum atomic E-state index is 6.55. The Morgan fingerprint density at radius 1 is 0.950 bits per heavy atom. The van der Waals surface area contributed by atoms with Gasteiger partial charge in [0.1, 0.15) is 0 Å². The van der Waals surface area contributed by atoms with Crippen molar-refractivity contribution in [2.45, 2.75) is 57.9 Å². The highest BCUT2D eigenvalue weighted by Gasteiger charge is 2.53. The van der Waals surface area contributed by atoms with Gasteiger partial charge in [0.05, 0.1) is 19.8 Å². The molecule has 20 heavy (non-hydrogen) atoms. The first-order chi connectivity index (χ1) is 9.72. The number of rotatable bonds is 8. The van der Waals surface area contributed by atoms with Gasteiger partial charge in [-0.25, -0.2) is 0 Å². The van der Waals surface area contributed by atoms with E-state index in [-0.39, 0.29) is 6.04 Å². The molecule has 0 spiro atoms. The van der Waals surface area contributed by atoms with Gasteiger partial charge < -0.3 is 15.2 Å². The van der Waals surface area contributed by atoms with Crippen molar-refractivity contribution in [1.82, 2.24) is 0 Å². The third-order valence-electron chi connectivity index (χ3n) is 5.89. The van der Waals surface area contributed by atoms with Gasteiger partial charge in [0, 0.05) is 12.6 Å². The number of hydrogen-bond donors (Lipinski definition) is 1. The van der Waals surface area contributed by atoms with Crippen LogP contribution in [0, 0.1) is 23.2 Å². The Kier molecular flexibility index (Phi) is 4.68. The average molecular weight is 281 g/mol. The fourth-order valence-electron chi connectivity index (χ4n) is 5.38. The molecule has 4 saturated carbocycles. The molecule has 1 unspecified atom stereocenters. The summed E-state index contributed by atoms with van der Waals surface area (Å²) in [5.74, 6) is 2.92. The minimum atomic E-state index is 0.238. The van der Waals surface area contributed by atoms with Crippen molar-refractivity contribution < 1.29 is 9.47 Å². The Hall–Kier alpha value is -0.120. The van der Waals surface area contributed by atoms with Crippen LogP contribution in [0.2, 0.25) is 0 Å². The molecule has 4 aliphatic carbocycles. The SMILES string of the molecule is CCCOCCOCC(N)C12CC3CC(CC(C3)C1)C2. The van der Waals surface area contributed by atoms with Crippen LogP contribution in [0.1, 0.15) is 51.9 Å². The minimum absolute atomic E-state index is 0.238. The Balaban J connectivity index is 1.44. The van der Waals surface area contributed by atoms with E-state index in [1.165, 1.54) is 38.5 Å². The highest BCUT2D eigenvalue weighted by Crippen LogP contribution is 2.60. The van der Waals surface area contributed by atoms with Gasteiger partial charge in [-0.15, -0.1) is 0 Å². The largest absolute Gasteiger partial charge is 0.379 e. The average Bonchev–Trinajstić information content (AvgIpc) is 2.41. The van der Waals surface area contributed by atoms with Gasteiger partial charge in [-0.2, -0.15) is 0 Å². The maximum absolute atomic E-state index is 6.55. The summed E-state index contributed by atoms with van der Waals surface area (Å²) in [5, 5.41) is 0. The highest BCUT2D eigenvalue weighted by atomic mass is 16.5. The van der Waals surface area contributed by atoms with Crippen molar-refractivity contribution >= 4 is 0 Å². The van der Waals surface area contributed by atoms with Gasteiger partial charge in [-0.3, -0.25) is 0 Å². The fourth-order valence-corrected chi connectivity index (χ4v) is 5.38. The van der Waals surface area contributed by atoms with Crippen molar-refractivity contribution in [2.75, 3.05) is 26.4 Å². The molecule has 0 aliphatic heterocycles. The van der Waals surface area contributed by atoms with Gasteiger partial charge in [0.15, 0.2) is 0 Å². The molecule has 0 aromatic heterocycles. The molecule has 3 nitrogen and oxygen atoms in total. The van der Waals surface area contributed by atoms with E-state index >= 15 is 0 Å². The number of hydrogen-bond acceptors (Lipinski definition) is 3. The van der Waals surface area contributed by atoms with Crippen LogP contribution >= 0.6 is 0 Å². The molecule has 4 aliphatic rings. The highest BCUT2D eigenvalue weighted by molar-refractivity contribution is 5.05. The Morgan fingerprint density at radius 2 is 1.50 bits per heavy atom. The van der Waals surface area contributed by atoms with Gasteiger partial charge in [-0.1, -0.05) is 6.92 Å². The molecule has 0 amide bonds. The molecule has 4 fully saturated rings. The van der Waals surface area contributed by atoms with Crippen LogP contribution in [-0.2, 0) is 9.47 Å². The summed E-state index contributed by atoms with van der Waals surface area (Å²) < 4.78 is 11.2. The second kappa shape index (κ2) is 6.33. The first-order valence-corrected chi connectivity index (χ1v) is 8.63. The van der Waals surface area contributed by atoms with Crippen LogP contribution in [0.25, 0.3) is 0 Å². The van der Waals surface area contributed by atoms with Crippen LogP contribution in [0.3, 0.4) is 0 Å². The third kappa shape index (κ3) is 3.05. The predicted octanol–water partition coefficient (Wildman–Crippen LogP) is 2.97. The molecular formula is C17H31NO2. The van der Waals surface area contributed by atoms with Crippen molar-refractivity contribution in [2.24, 2.45) is 28.9 Å². The fraction of sp³-hybridized carbons (Fsp3) is 1.00. The van der Waals surface area contributed by atoms with Crippen molar-refractivity contribution in [3.05, 3.63) is 0 Å². The third-order valence-corrected chi connectivity index (χ3v) is 5.89. The topological polar surface area (TPSA) is 44.5 Å². The normalized spacial score (nSPS) is 40.2. The minimum Gasteiger partial charge on any atom is -0.379 e. The zero-order chi connectivity index (χ0) is 14.0. The van der Waals surface area contributed by atoms with E-state index < -0.39 is 0 Å². The summed E-state index contributed by atoms with van der Waals surface area (Å²) >= 11 is 0. The number of nitrogens with two attached hydrogens (primary N) is 1. The second-order valence-electron chi connectivity index (χ2n) is 7.57. The predicted molar refractivity (Wildman–Crippen MR) is 80.5 cm³/mol. The Labute approximate surface area is 123 Å². The first kappa shape index (κ1) is 14.8. The van der Waals surface area contributed by atoms with Crippen LogP contribution in [0.15, 0.2) is 0 Å². The molecule has 0 heterocycles. The summed E-state index contributed by atoms with van der Waals surface area (Å²) in [4.78, 5) is 0. The second-order valence-corrected chi connectivity index (χ2v) is 7.57. The van der Waals surface area contributed by atoms with Crippen LogP contribution in [-0.4, -0.2) is 32.5 Å². The van der Waals surface area contributed by atoms with Crippen LogP contribution < -0.4 is 5.73 Å². The summed E-state index contributed by atoms with van der Waals surface area (Å²) in [6.45, 7) is 5.09. The molecule has 4 rings (SSSR count). The van der Waals surface area contributed by atoms with E-state index in [9.17, 15) is 0 Å². The molecule has 0 aromatic rings. The molecule has 116 valence electrons. The van der Waals surface area contributed by atoms with Crippen LogP contribution in [0.4, 0.5) is 0 Å². The molecule has 1 atom stereocenters. The van der Waals surface area contributed by atoms with Crippen LogP contribution in [0.5, 0.6) is 0 Å². The molecular weight excluding hydrogens is 250 g/mol. The lowest BCUT2D eigenvalue weighted by Gasteiger charge is -2.58. The first-order valence-electron chi connectivity index (χ1n) is 8.63. The quantitative estimate of drug-likeness (QED) is 0.696.